The molecular weight excluding hydrogens is 320 g/mol. The molecule has 0 saturated heterocycles. The van der Waals surface area contributed by atoms with Crippen molar-refractivity contribution in [3.63, 3.8) is 0 Å². The first-order valence-corrected chi connectivity index (χ1v) is 11.3. The second kappa shape index (κ2) is 22.0. The average Bonchev–Trinajstić information content (AvgIpc) is 2.62. The van der Waals surface area contributed by atoms with Gasteiger partial charge in [-0.05, 0) is 57.8 Å². The highest BCUT2D eigenvalue weighted by atomic mass is 16.4. The van der Waals surface area contributed by atoms with Crippen LogP contribution in [-0.2, 0) is 4.79 Å². The van der Waals surface area contributed by atoms with E-state index in [2.05, 4.69) is 31.2 Å². The van der Waals surface area contributed by atoms with Crippen LogP contribution in [0.4, 0.5) is 0 Å². The van der Waals surface area contributed by atoms with Crippen LogP contribution < -0.4 is 0 Å². The van der Waals surface area contributed by atoms with Crippen LogP contribution in [0.5, 0.6) is 0 Å². The zero-order chi connectivity index (χ0) is 19.1. The topological polar surface area (TPSA) is 37.3 Å². The van der Waals surface area contributed by atoms with Gasteiger partial charge in [-0.2, -0.15) is 0 Å². The summed E-state index contributed by atoms with van der Waals surface area (Å²) in [7, 11) is 0. The Balaban J connectivity index is 3.14. The predicted octanol–water partition coefficient (Wildman–Crippen LogP) is 8.23. The van der Waals surface area contributed by atoms with Gasteiger partial charge in [-0.1, -0.05) is 82.6 Å². The summed E-state index contributed by atoms with van der Waals surface area (Å²) in [5.41, 5.74) is 0. The van der Waals surface area contributed by atoms with E-state index in [0.29, 0.717) is 6.42 Å². The Morgan fingerprint density at radius 2 is 0.923 bits per heavy atom. The lowest BCUT2D eigenvalue weighted by atomic mass is 10.1. The lowest BCUT2D eigenvalue weighted by molar-refractivity contribution is -0.137. The van der Waals surface area contributed by atoms with Gasteiger partial charge >= 0.3 is 5.97 Å². The zero-order valence-corrected chi connectivity index (χ0v) is 17.4. The molecule has 0 saturated carbocycles. The maximum absolute atomic E-state index is 10.4. The molecule has 0 aliphatic carbocycles. The van der Waals surface area contributed by atoms with E-state index in [4.69, 9.17) is 5.11 Å². The van der Waals surface area contributed by atoms with Crippen LogP contribution in [0.1, 0.15) is 122 Å². The molecule has 0 aromatic heterocycles. The fourth-order valence-electron chi connectivity index (χ4n) is 3.11. The molecule has 0 fully saturated rings. The molecule has 0 rings (SSSR count). The van der Waals surface area contributed by atoms with E-state index in [0.717, 1.165) is 12.8 Å². The third kappa shape index (κ3) is 22.9. The number of hydrogen-bond acceptors (Lipinski definition) is 1. The largest absolute Gasteiger partial charge is 0.481 e. The van der Waals surface area contributed by atoms with Gasteiger partial charge in [0.05, 0.1) is 0 Å². The summed E-state index contributed by atoms with van der Waals surface area (Å²) in [4.78, 5) is 10.4. The Labute approximate surface area is 163 Å². The second-order valence-electron chi connectivity index (χ2n) is 7.48. The van der Waals surface area contributed by atoms with E-state index in [9.17, 15) is 4.79 Å². The van der Waals surface area contributed by atoms with E-state index in [1.807, 2.05) is 0 Å². The predicted molar refractivity (Wildman–Crippen MR) is 115 cm³/mol. The van der Waals surface area contributed by atoms with Crippen molar-refractivity contribution in [2.75, 3.05) is 0 Å². The third-order valence-corrected chi connectivity index (χ3v) is 4.81. The van der Waals surface area contributed by atoms with Gasteiger partial charge in [0.1, 0.15) is 0 Å². The molecule has 0 amide bonds. The van der Waals surface area contributed by atoms with Crippen LogP contribution >= 0.6 is 0 Å². The van der Waals surface area contributed by atoms with Crippen molar-refractivity contribution in [2.45, 2.75) is 122 Å². The lowest BCUT2D eigenvalue weighted by Gasteiger charge is -1.99. The summed E-state index contributed by atoms with van der Waals surface area (Å²) in [6.07, 6.45) is 31.1. The van der Waals surface area contributed by atoms with Crippen LogP contribution in [0.2, 0.25) is 0 Å². The minimum absolute atomic E-state index is 0.329. The summed E-state index contributed by atoms with van der Waals surface area (Å²) >= 11 is 0. The van der Waals surface area contributed by atoms with E-state index >= 15 is 0 Å². The molecule has 0 aliphatic rings. The van der Waals surface area contributed by atoms with Crippen molar-refractivity contribution in [3.05, 3.63) is 24.3 Å². The lowest BCUT2D eigenvalue weighted by Crippen LogP contribution is -1.93. The van der Waals surface area contributed by atoms with E-state index < -0.39 is 5.97 Å². The van der Waals surface area contributed by atoms with Gasteiger partial charge in [-0.15, -0.1) is 0 Å². The molecule has 0 aromatic carbocycles. The summed E-state index contributed by atoms with van der Waals surface area (Å²) in [6, 6.07) is 0. The number of allylic oxidation sites excluding steroid dienone is 4. The molecule has 0 bridgehead atoms. The molecule has 152 valence electrons. The number of unbranched alkanes of at least 4 members (excludes halogenated alkanes) is 14. The van der Waals surface area contributed by atoms with Crippen molar-refractivity contribution < 1.29 is 9.90 Å². The first-order chi connectivity index (χ1) is 12.8. The molecule has 0 unspecified atom stereocenters. The average molecular weight is 365 g/mol. The Hall–Kier alpha value is -1.05. The number of carboxylic acid groups (broad SMARTS) is 1. The number of aliphatic carboxylic acids is 1. The molecule has 0 atom stereocenters. The highest BCUT2D eigenvalue weighted by Crippen LogP contribution is 2.10. The van der Waals surface area contributed by atoms with Crippen LogP contribution in [0.15, 0.2) is 24.3 Å². The smallest absolute Gasteiger partial charge is 0.303 e. The van der Waals surface area contributed by atoms with Crippen molar-refractivity contribution >= 4 is 5.97 Å². The van der Waals surface area contributed by atoms with Crippen molar-refractivity contribution in [3.8, 4) is 0 Å². The normalized spacial score (nSPS) is 11.7. The highest BCUT2D eigenvalue weighted by molar-refractivity contribution is 5.66. The van der Waals surface area contributed by atoms with Gasteiger partial charge in [0.2, 0.25) is 0 Å². The minimum Gasteiger partial charge on any atom is -0.481 e. The van der Waals surface area contributed by atoms with Crippen LogP contribution in [0, 0.1) is 0 Å². The van der Waals surface area contributed by atoms with Gasteiger partial charge in [0.15, 0.2) is 0 Å². The Kier molecular flexibility index (Phi) is 21.1. The maximum Gasteiger partial charge on any atom is 0.303 e. The zero-order valence-electron chi connectivity index (χ0n) is 17.4. The summed E-state index contributed by atoms with van der Waals surface area (Å²) in [5, 5.41) is 8.56. The molecule has 0 aliphatic heterocycles. The third-order valence-electron chi connectivity index (χ3n) is 4.81. The molecule has 0 aromatic rings. The van der Waals surface area contributed by atoms with E-state index in [1.54, 1.807) is 0 Å². The minimum atomic E-state index is -0.665. The Morgan fingerprint density at radius 1 is 0.577 bits per heavy atom. The molecule has 0 radical (unpaired) electrons. The maximum atomic E-state index is 10.4. The second-order valence-corrected chi connectivity index (χ2v) is 7.48. The molecule has 0 heterocycles. The molecule has 1 N–H and O–H groups in total. The number of carboxylic acids is 1. The number of rotatable bonds is 20. The van der Waals surface area contributed by atoms with Crippen molar-refractivity contribution in [1.82, 2.24) is 0 Å². The molecule has 26 heavy (non-hydrogen) atoms. The van der Waals surface area contributed by atoms with Gasteiger partial charge in [0.25, 0.3) is 0 Å². The summed E-state index contributed by atoms with van der Waals surface area (Å²) in [6.45, 7) is 2.27. The quantitative estimate of drug-likeness (QED) is 0.174. The van der Waals surface area contributed by atoms with Crippen molar-refractivity contribution in [1.29, 1.82) is 0 Å². The van der Waals surface area contributed by atoms with Crippen molar-refractivity contribution in [2.24, 2.45) is 0 Å². The summed E-state index contributed by atoms with van der Waals surface area (Å²) < 4.78 is 0. The Morgan fingerprint density at radius 3 is 1.31 bits per heavy atom. The first-order valence-electron chi connectivity index (χ1n) is 11.3. The standard InChI is InChI=1S/C24H44O2/c1-2-3-4-5-6-7-8-9-10-11-12-13-14-15-16-17-18-19-20-21-22-23-24(25)26/h7-8,15-16H,2-6,9-14,17-23H2,1H3,(H,25,26)/b8-7-,16-15-. The molecule has 0 spiro atoms. The van der Waals surface area contributed by atoms with Gasteiger partial charge in [-0.25, -0.2) is 0 Å². The van der Waals surface area contributed by atoms with E-state index in [1.165, 1.54) is 96.3 Å². The van der Waals surface area contributed by atoms with Crippen LogP contribution in [-0.4, -0.2) is 11.1 Å². The van der Waals surface area contributed by atoms with Gasteiger partial charge in [-0.3, -0.25) is 4.79 Å². The summed E-state index contributed by atoms with van der Waals surface area (Å²) in [5.74, 6) is -0.665. The van der Waals surface area contributed by atoms with E-state index in [-0.39, 0.29) is 0 Å². The molecular formula is C24H44O2. The fraction of sp³-hybridized carbons (Fsp3) is 0.792. The highest BCUT2D eigenvalue weighted by Gasteiger charge is 1.95. The number of carbonyl (C=O) groups is 1. The molecule has 2 nitrogen and oxygen atoms in total. The Bertz CT molecular complexity index is 344. The van der Waals surface area contributed by atoms with Crippen LogP contribution in [0.3, 0.4) is 0 Å². The SMILES string of the molecule is CCCCCC/C=C\CCCCCC/C=C\CCCCCCCC(=O)O. The van der Waals surface area contributed by atoms with Gasteiger partial charge in [0, 0.05) is 6.42 Å². The van der Waals surface area contributed by atoms with Crippen LogP contribution in [0.25, 0.3) is 0 Å². The molecule has 2 heteroatoms. The van der Waals surface area contributed by atoms with Gasteiger partial charge < -0.3 is 5.11 Å². The fourth-order valence-corrected chi connectivity index (χ4v) is 3.11. The first kappa shape index (κ1) is 24.9. The monoisotopic (exact) mass is 364 g/mol. The number of hydrogen-bond donors (Lipinski definition) is 1.